The van der Waals surface area contributed by atoms with Gasteiger partial charge in [0.15, 0.2) is 0 Å². The fraction of sp³-hybridized carbons (Fsp3) is 0.857. The second-order valence-corrected chi connectivity index (χ2v) is 38.8. The van der Waals surface area contributed by atoms with Gasteiger partial charge in [0.25, 0.3) is 0 Å². The maximum Gasteiger partial charge on any atom is 0 e. The van der Waals surface area contributed by atoms with Gasteiger partial charge in [-0.2, -0.15) is 19.3 Å². The molecule has 0 unspecified atom stereocenters. The Kier molecular flexibility index (Phi) is 20.1. The van der Waals surface area contributed by atoms with Crippen molar-refractivity contribution >= 4 is 59.9 Å². The van der Waals surface area contributed by atoms with E-state index in [1.807, 2.05) is 0 Å². The van der Waals surface area contributed by atoms with Gasteiger partial charge in [-0.25, -0.2) is 0 Å². The van der Waals surface area contributed by atoms with Crippen LogP contribution in [0.15, 0.2) is 0 Å². The number of hydrogen-bond acceptors (Lipinski definition) is 0. The summed E-state index contributed by atoms with van der Waals surface area (Å²) < 4.78 is 0. The Labute approximate surface area is 140 Å². The van der Waals surface area contributed by atoms with Crippen LogP contribution in [0, 0.1) is 11.3 Å². The van der Waals surface area contributed by atoms with Gasteiger partial charge >= 0.3 is 64.9 Å². The second kappa shape index (κ2) is 11.4. The maximum absolute atomic E-state index is 2.46. The summed E-state index contributed by atoms with van der Waals surface area (Å²) in [6.45, 7) is 11.0. The predicted octanol–water partition coefficient (Wildman–Crippen LogP) is 5.30. The van der Waals surface area contributed by atoms with E-state index in [9.17, 15) is 0 Å². The van der Waals surface area contributed by atoms with Gasteiger partial charge in [0, 0.05) is 32.7 Å². The van der Waals surface area contributed by atoms with Crippen LogP contribution in [-0.4, -0.2) is 0 Å². The van der Waals surface area contributed by atoms with E-state index in [-0.39, 0.29) is 37.6 Å². The molecule has 5 heteroatoms. The summed E-state index contributed by atoms with van der Waals surface area (Å²) in [7, 11) is 0. The van der Waals surface area contributed by atoms with Crippen LogP contribution in [0.4, 0.5) is 0 Å². The van der Waals surface area contributed by atoms with Crippen LogP contribution in [0.25, 0.3) is 0 Å². The minimum Gasteiger partial charge on any atom is 0 e. The molecule has 0 amide bonds. The first-order valence-electron chi connectivity index (χ1n) is 3.26. The third-order valence-corrected chi connectivity index (χ3v) is 1.50. The Bertz CT molecular complexity index is 88.4. The molecular weight excluding hydrogens is 605 g/mol. The smallest absolute Gasteiger partial charge is 0 e. The van der Waals surface area contributed by atoms with Crippen LogP contribution >= 0.6 is 59.9 Å². The Morgan fingerprint density at radius 3 is 1.08 bits per heavy atom. The molecule has 0 aromatic rings. The second-order valence-electron chi connectivity index (χ2n) is 3.44. The average molecular weight is 620 g/mol. The molecule has 0 aliphatic carbocycles. The fourth-order valence-corrected chi connectivity index (χ4v) is 0. The van der Waals surface area contributed by atoms with Crippen LogP contribution in [0.3, 0.4) is 0 Å². The van der Waals surface area contributed by atoms with Gasteiger partial charge in [-0.1, -0.05) is 20.8 Å². The van der Waals surface area contributed by atoms with Gasteiger partial charge in [0.05, 0.1) is 0 Å². The van der Waals surface area contributed by atoms with E-state index in [0.29, 0.717) is 5.41 Å². The van der Waals surface area contributed by atoms with Crippen molar-refractivity contribution in [2.45, 2.75) is 34.6 Å². The molecule has 0 saturated carbocycles. The molecule has 0 nitrogen and oxygen atoms in total. The molecule has 0 rings (SSSR count). The molecule has 0 bridgehead atoms. The fourth-order valence-electron chi connectivity index (χ4n) is 0. The molecule has 0 spiro atoms. The van der Waals surface area contributed by atoms with Crippen LogP contribution in [0.5, 0.6) is 0 Å². The molecular formula is C7H15I3VY-. The number of rotatable bonds is 0. The molecule has 0 aliphatic heterocycles. The van der Waals surface area contributed by atoms with Gasteiger partial charge in [0.2, 0.25) is 0 Å². The molecule has 12 heavy (non-hydrogen) atoms. The van der Waals surface area contributed by atoms with E-state index < -0.39 is 0 Å². The largest absolute Gasteiger partial charge is 0 e. The third-order valence-electron chi connectivity index (χ3n) is 1.50. The van der Waals surface area contributed by atoms with Gasteiger partial charge in [-0.05, 0) is 0 Å². The topological polar surface area (TPSA) is 0 Å². The summed E-state index contributed by atoms with van der Waals surface area (Å²) in [6, 6.07) is 0. The van der Waals surface area contributed by atoms with Gasteiger partial charge in [0.1, 0.15) is 0 Å². The SMILES string of the molecule is C[C-](C)C(C)(C)C.[I][V]([I])[I].[Y]. The van der Waals surface area contributed by atoms with Gasteiger partial charge in [-0.15, -0.1) is 0 Å². The van der Waals surface area contributed by atoms with E-state index in [0.717, 1.165) is 0 Å². The van der Waals surface area contributed by atoms with E-state index in [4.69, 9.17) is 0 Å². The van der Waals surface area contributed by atoms with Gasteiger partial charge in [-0.3, -0.25) is 0 Å². The van der Waals surface area contributed by atoms with Crippen molar-refractivity contribution < 1.29 is 37.6 Å². The summed E-state index contributed by atoms with van der Waals surface area (Å²) in [6.07, 6.45) is 0. The van der Waals surface area contributed by atoms with Crippen molar-refractivity contribution in [1.29, 1.82) is 0 Å². The van der Waals surface area contributed by atoms with Crippen molar-refractivity contribution in [3.05, 3.63) is 5.92 Å². The Hall–Kier alpha value is 3.88. The van der Waals surface area contributed by atoms with Gasteiger partial charge < -0.3 is 5.92 Å². The average Bonchev–Trinajstić information content (AvgIpc) is 1.59. The molecule has 0 saturated heterocycles. The zero-order valence-corrected chi connectivity index (χ0v) is 18.9. The van der Waals surface area contributed by atoms with Crippen molar-refractivity contribution in [2.75, 3.05) is 0 Å². The van der Waals surface area contributed by atoms with Crippen LogP contribution in [0.2, 0.25) is 0 Å². The summed E-state index contributed by atoms with van der Waals surface area (Å²) in [5, 5.41) is 0. The summed E-state index contributed by atoms with van der Waals surface area (Å²) in [5.41, 5.74) is 0.417. The third kappa shape index (κ3) is 23.6. The number of halogens is 3. The minimum atomic E-state index is -0.278. The van der Waals surface area contributed by atoms with Crippen molar-refractivity contribution in [3.8, 4) is 0 Å². The molecule has 0 aromatic heterocycles. The molecule has 0 N–H and O–H groups in total. The van der Waals surface area contributed by atoms with Crippen molar-refractivity contribution in [3.63, 3.8) is 0 Å². The first-order valence-corrected chi connectivity index (χ1v) is 16.8. The quantitative estimate of drug-likeness (QED) is 0.255. The Morgan fingerprint density at radius 2 is 1.08 bits per heavy atom. The van der Waals surface area contributed by atoms with Crippen LogP contribution in [-0.2, 0) is 37.6 Å². The molecule has 0 fully saturated rings. The van der Waals surface area contributed by atoms with E-state index >= 15 is 0 Å². The van der Waals surface area contributed by atoms with Crippen LogP contribution < -0.4 is 0 Å². The van der Waals surface area contributed by atoms with E-state index in [1.54, 1.807) is 0 Å². The molecule has 1 radical (unpaired) electrons. The normalized spacial score (nSPS) is 10.5. The first-order chi connectivity index (χ1) is 4.68. The zero-order valence-electron chi connectivity index (χ0n) is 8.16. The summed E-state index contributed by atoms with van der Waals surface area (Å²) in [4.78, 5) is -0.278. The molecule has 0 aromatic carbocycles. The van der Waals surface area contributed by atoms with Crippen molar-refractivity contribution in [1.82, 2.24) is 0 Å². The Balaban J connectivity index is -0.000000142. The van der Waals surface area contributed by atoms with Crippen LogP contribution in [0.1, 0.15) is 34.6 Å². The first kappa shape index (κ1) is 21.2. The molecule has 73 valence electrons. The maximum atomic E-state index is 2.46. The number of hydrogen-bond donors (Lipinski definition) is 0. The van der Waals surface area contributed by atoms with Crippen molar-refractivity contribution in [2.24, 2.45) is 5.41 Å². The zero-order chi connectivity index (χ0) is 9.65. The molecule has 0 atom stereocenters. The molecule has 0 aliphatic rings. The minimum absolute atomic E-state index is 0. The van der Waals surface area contributed by atoms with E-state index in [1.165, 1.54) is 5.92 Å². The molecule has 0 heterocycles. The predicted molar refractivity (Wildman–Crippen MR) is 76.1 cm³/mol. The monoisotopic (exact) mass is 620 g/mol. The standard InChI is InChI=1S/C7H15.3HI.V.Y/c1-6(2)7(3,4)5;;;;;/h1-5H3;3*1H;;/q-1;;;;+3;/p-3. The summed E-state index contributed by atoms with van der Waals surface area (Å²) in [5.74, 6) is 1.49. The summed E-state index contributed by atoms with van der Waals surface area (Å²) >= 11 is 7.39. The van der Waals surface area contributed by atoms with E-state index in [2.05, 4.69) is 94.6 Å². The Morgan fingerprint density at radius 1 is 1.00 bits per heavy atom.